The van der Waals surface area contributed by atoms with Gasteiger partial charge in [-0.15, -0.1) is 0 Å². The molecule has 172 valence electrons. The van der Waals surface area contributed by atoms with Crippen molar-refractivity contribution in [1.29, 1.82) is 0 Å². The van der Waals surface area contributed by atoms with Crippen LogP contribution < -0.4 is 0 Å². The maximum absolute atomic E-state index is 9.11. The molecule has 0 aliphatic carbocycles. The van der Waals surface area contributed by atoms with Crippen molar-refractivity contribution in [3.05, 3.63) is 133 Å². The van der Waals surface area contributed by atoms with Crippen LogP contribution in [0.15, 0.2) is 138 Å². The van der Waals surface area contributed by atoms with Gasteiger partial charge in [-0.05, 0) is 72.8 Å². The molecule has 8 aromatic rings. The van der Waals surface area contributed by atoms with Gasteiger partial charge in [0.05, 0.1) is 11.0 Å². The van der Waals surface area contributed by atoms with E-state index < -0.39 is 24.2 Å². The summed E-state index contributed by atoms with van der Waals surface area (Å²) >= 11 is 0. The minimum atomic E-state index is -0.427. The molecule has 7 aromatic carbocycles. The molecule has 0 aliphatic heterocycles. The Morgan fingerprint density at radius 1 is 0.459 bits per heavy atom. The van der Waals surface area contributed by atoms with Crippen molar-refractivity contribution in [3.8, 4) is 22.3 Å². The van der Waals surface area contributed by atoms with Gasteiger partial charge >= 0.3 is 0 Å². The van der Waals surface area contributed by atoms with Gasteiger partial charge in [-0.25, -0.2) is 0 Å². The summed E-state index contributed by atoms with van der Waals surface area (Å²) in [6, 6.07) is 23.6. The predicted molar refractivity (Wildman–Crippen MR) is 157 cm³/mol. The Balaban J connectivity index is 1.62. The molecule has 0 bridgehead atoms. The molecule has 0 saturated carbocycles. The van der Waals surface area contributed by atoms with Crippen LogP contribution in [0.2, 0.25) is 0 Å². The average Bonchev–Trinajstić information content (AvgIpc) is 3.45. The van der Waals surface area contributed by atoms with E-state index in [4.69, 9.17) is 15.4 Å². The maximum atomic E-state index is 9.11. The molecule has 8 rings (SSSR count). The fourth-order valence-electron chi connectivity index (χ4n) is 5.51. The minimum Gasteiger partial charge on any atom is -0.456 e. The monoisotopic (exact) mass is 478 g/mol. The van der Waals surface area contributed by atoms with Crippen LogP contribution in [-0.4, -0.2) is 0 Å². The van der Waals surface area contributed by atoms with Crippen LogP contribution in [0, 0.1) is 0 Å². The summed E-state index contributed by atoms with van der Waals surface area (Å²) in [5.41, 5.74) is 2.96. The lowest BCUT2D eigenvalue weighted by molar-refractivity contribution is 0.669. The second-order valence-corrected chi connectivity index (χ2v) is 9.09. The van der Waals surface area contributed by atoms with E-state index in [1.165, 1.54) is 0 Å². The molecule has 0 fully saturated rings. The van der Waals surface area contributed by atoms with Crippen molar-refractivity contribution in [3.63, 3.8) is 0 Å². The number of furan rings is 1. The van der Waals surface area contributed by atoms with E-state index in [0.29, 0.717) is 33.4 Å². The van der Waals surface area contributed by atoms with E-state index in [1.54, 1.807) is 30.3 Å². The second-order valence-electron chi connectivity index (χ2n) is 9.09. The molecule has 0 radical (unpaired) electrons. The number of benzene rings is 7. The average molecular weight is 479 g/mol. The van der Waals surface area contributed by atoms with E-state index in [1.807, 2.05) is 54.6 Å². The summed E-state index contributed by atoms with van der Waals surface area (Å²) in [5.74, 6) is 0. The highest BCUT2D eigenvalue weighted by Gasteiger charge is 2.18. The summed E-state index contributed by atoms with van der Waals surface area (Å²) < 4.78 is 77.0. The molecule has 1 nitrogen and oxygen atoms in total. The number of fused-ring (bicyclic) bond motifs is 7. The normalized spacial score (nSPS) is 14.8. The molecule has 0 spiro atoms. The molecule has 0 amide bonds. The van der Waals surface area contributed by atoms with Crippen LogP contribution in [0.3, 0.4) is 0 Å². The third-order valence-corrected chi connectivity index (χ3v) is 7.09. The van der Waals surface area contributed by atoms with Crippen molar-refractivity contribution < 1.29 is 15.4 Å². The quantitative estimate of drug-likeness (QED) is 0.225. The van der Waals surface area contributed by atoms with Crippen LogP contribution in [-0.2, 0) is 0 Å². The second kappa shape index (κ2) is 7.81. The molecule has 0 atom stereocenters. The van der Waals surface area contributed by atoms with Gasteiger partial charge in [0.15, 0.2) is 0 Å². The van der Waals surface area contributed by atoms with E-state index in [2.05, 4.69) is 0 Å². The van der Waals surface area contributed by atoms with Gasteiger partial charge in [-0.1, -0.05) is 115 Å². The molecule has 37 heavy (non-hydrogen) atoms. The zero-order chi connectivity index (χ0) is 31.3. The summed E-state index contributed by atoms with van der Waals surface area (Å²) in [6.07, 6.45) is 0. The highest BCUT2D eigenvalue weighted by Crippen LogP contribution is 2.45. The zero-order valence-electron chi connectivity index (χ0n) is 27.5. The topological polar surface area (TPSA) is 13.1 Å². The number of hydrogen-bond acceptors (Lipinski definition) is 1. The van der Waals surface area contributed by atoms with Gasteiger partial charge in [-0.2, -0.15) is 0 Å². The predicted octanol–water partition coefficient (Wildman–Crippen LogP) is 10.4. The molecular weight excluding hydrogens is 448 g/mol. The van der Waals surface area contributed by atoms with Crippen LogP contribution in [0.25, 0.3) is 76.5 Å². The summed E-state index contributed by atoms with van der Waals surface area (Å²) in [4.78, 5) is 0. The maximum Gasteiger partial charge on any atom is 0.136 e. The zero-order valence-corrected chi connectivity index (χ0v) is 19.5. The van der Waals surface area contributed by atoms with Crippen LogP contribution in [0.5, 0.6) is 0 Å². The molecule has 1 heteroatoms. The highest BCUT2D eigenvalue weighted by molar-refractivity contribution is 6.23. The lowest BCUT2D eigenvalue weighted by Gasteiger charge is -2.17. The summed E-state index contributed by atoms with van der Waals surface area (Å²) in [5, 5.41) is 4.66. The van der Waals surface area contributed by atoms with E-state index in [0.717, 1.165) is 21.5 Å². The summed E-state index contributed by atoms with van der Waals surface area (Å²) in [7, 11) is 0. The van der Waals surface area contributed by atoms with Gasteiger partial charge in [-0.3, -0.25) is 0 Å². The first-order valence-corrected chi connectivity index (χ1v) is 12.0. The first kappa shape index (κ1) is 14.0. The minimum absolute atomic E-state index is 0.179. The highest BCUT2D eigenvalue weighted by atomic mass is 16.3. The van der Waals surface area contributed by atoms with Crippen LogP contribution in [0.1, 0.15) is 11.0 Å². The smallest absolute Gasteiger partial charge is 0.136 e. The SMILES string of the molecule is [2H]c1c([2H])c([2H])c2c(-c3ccc4c(c3)oc3ccc5ccccc5c34)c3c([2H])c([2H])c([2H])c([2H])c3c(-c3ccccc3)c2c1[2H]. The van der Waals surface area contributed by atoms with Crippen molar-refractivity contribution in [2.45, 2.75) is 0 Å². The molecular formula is C36H22O. The Hall–Kier alpha value is -4.88. The fraction of sp³-hybridized carbons (Fsp3) is 0. The van der Waals surface area contributed by atoms with Gasteiger partial charge in [0.25, 0.3) is 0 Å². The van der Waals surface area contributed by atoms with E-state index >= 15 is 0 Å². The standard InChI is InChI=1S/C36H22O/c1-2-11-24(12-3-1)34-27-14-6-8-16-29(27)35(30-17-9-7-15-28(30)34)25-18-20-31-33(22-25)37-32-21-19-23-10-4-5-13-26(23)36(31)32/h1-22H/i6D,7D,8D,9D,14D,15D,16D,17D. The third-order valence-electron chi connectivity index (χ3n) is 7.09. The van der Waals surface area contributed by atoms with Crippen LogP contribution >= 0.6 is 0 Å². The lowest BCUT2D eigenvalue weighted by Crippen LogP contribution is -1.90. The Morgan fingerprint density at radius 2 is 1.08 bits per heavy atom. The Kier molecular flexibility index (Phi) is 2.96. The van der Waals surface area contributed by atoms with Crippen molar-refractivity contribution >= 4 is 54.3 Å². The molecule has 0 unspecified atom stereocenters. The van der Waals surface area contributed by atoms with E-state index in [-0.39, 0.29) is 45.7 Å². The summed E-state index contributed by atoms with van der Waals surface area (Å²) in [6.45, 7) is 0. The van der Waals surface area contributed by atoms with Gasteiger partial charge in [0.1, 0.15) is 11.2 Å². The molecule has 0 aliphatic rings. The first-order chi connectivity index (χ1) is 21.7. The van der Waals surface area contributed by atoms with E-state index in [9.17, 15) is 0 Å². The first-order valence-electron chi connectivity index (χ1n) is 16.0. The Bertz CT molecular complexity index is 2490. The molecule has 1 heterocycles. The Labute approximate surface area is 225 Å². The number of hydrogen-bond donors (Lipinski definition) is 0. The van der Waals surface area contributed by atoms with Gasteiger partial charge < -0.3 is 4.42 Å². The van der Waals surface area contributed by atoms with Gasteiger partial charge in [0, 0.05) is 10.8 Å². The van der Waals surface area contributed by atoms with Crippen molar-refractivity contribution in [1.82, 2.24) is 0 Å². The Morgan fingerprint density at radius 3 is 1.78 bits per heavy atom. The van der Waals surface area contributed by atoms with Gasteiger partial charge in [0.2, 0.25) is 0 Å². The lowest BCUT2D eigenvalue weighted by atomic mass is 9.86. The number of rotatable bonds is 2. The molecule has 0 N–H and O–H groups in total. The van der Waals surface area contributed by atoms with Crippen LogP contribution in [0.4, 0.5) is 0 Å². The largest absolute Gasteiger partial charge is 0.456 e. The van der Waals surface area contributed by atoms with Crippen molar-refractivity contribution in [2.24, 2.45) is 0 Å². The molecule has 0 saturated heterocycles. The molecule has 1 aromatic heterocycles. The third kappa shape index (κ3) is 2.98. The fourth-order valence-corrected chi connectivity index (χ4v) is 5.51. The van der Waals surface area contributed by atoms with Crippen molar-refractivity contribution in [2.75, 3.05) is 0 Å².